The molecule has 1 unspecified atom stereocenters. The maximum absolute atomic E-state index is 11.7. The summed E-state index contributed by atoms with van der Waals surface area (Å²) in [4.78, 5) is 10.5. The standard InChI is InChI=1S/C10H21Cl2N2O2PS/c1-6-16-17(18,7-2)14(10(3,4)5)13-9(15)8(11)12/h8H,6-7H2,1-5H3,(H,13,15). The van der Waals surface area contributed by atoms with Crippen LogP contribution in [-0.2, 0) is 21.1 Å². The third-order valence-electron chi connectivity index (χ3n) is 2.08. The van der Waals surface area contributed by atoms with Gasteiger partial charge in [-0.1, -0.05) is 30.1 Å². The fourth-order valence-electron chi connectivity index (χ4n) is 1.35. The van der Waals surface area contributed by atoms with Gasteiger partial charge >= 0.3 is 0 Å². The van der Waals surface area contributed by atoms with Gasteiger partial charge in [-0.05, 0) is 39.5 Å². The Balaban J connectivity index is 5.24. The number of hydrazine groups is 1. The zero-order valence-electron chi connectivity index (χ0n) is 11.4. The monoisotopic (exact) mass is 334 g/mol. The summed E-state index contributed by atoms with van der Waals surface area (Å²) in [7, 11) is 0. The highest BCUT2D eigenvalue weighted by atomic mass is 35.5. The number of amides is 1. The molecular weight excluding hydrogens is 314 g/mol. The van der Waals surface area contributed by atoms with E-state index in [1.807, 2.05) is 34.6 Å². The number of alkyl halides is 2. The van der Waals surface area contributed by atoms with Gasteiger partial charge in [0.25, 0.3) is 5.91 Å². The normalized spacial score (nSPS) is 15.8. The van der Waals surface area contributed by atoms with Gasteiger partial charge in [0.05, 0.1) is 6.61 Å². The van der Waals surface area contributed by atoms with Crippen LogP contribution in [0, 0.1) is 0 Å². The zero-order valence-corrected chi connectivity index (χ0v) is 14.6. The number of nitrogens with zero attached hydrogens (tertiary/aromatic N) is 1. The molecule has 0 aromatic heterocycles. The molecule has 0 aliphatic carbocycles. The largest absolute Gasteiger partial charge is 0.337 e. The molecule has 0 radical (unpaired) electrons. The van der Waals surface area contributed by atoms with E-state index in [1.165, 1.54) is 0 Å². The average Bonchev–Trinajstić information content (AvgIpc) is 2.23. The average molecular weight is 335 g/mol. The van der Waals surface area contributed by atoms with E-state index >= 15 is 0 Å². The quantitative estimate of drug-likeness (QED) is 0.459. The Bertz CT molecular complexity index is 334. The minimum Gasteiger partial charge on any atom is -0.337 e. The number of hydrogen-bond donors (Lipinski definition) is 1. The van der Waals surface area contributed by atoms with Crippen molar-refractivity contribution in [2.75, 3.05) is 12.8 Å². The summed E-state index contributed by atoms with van der Waals surface area (Å²) >= 11 is 16.7. The predicted molar refractivity (Wildman–Crippen MR) is 81.7 cm³/mol. The van der Waals surface area contributed by atoms with Gasteiger partial charge in [-0.15, -0.1) is 0 Å². The SMILES string of the molecule is CCOP(=S)(CC)N(NC(=O)C(Cl)Cl)C(C)(C)C. The summed E-state index contributed by atoms with van der Waals surface area (Å²) in [5, 5.41) is 0. The van der Waals surface area contributed by atoms with Crippen LogP contribution in [0.2, 0.25) is 0 Å². The van der Waals surface area contributed by atoms with Crippen molar-refractivity contribution >= 4 is 47.3 Å². The second kappa shape index (κ2) is 7.41. The highest BCUT2D eigenvalue weighted by Gasteiger charge is 2.36. The molecule has 0 fully saturated rings. The maximum Gasteiger partial charge on any atom is 0.267 e. The molecule has 0 aliphatic heterocycles. The molecule has 8 heteroatoms. The first-order chi connectivity index (χ1) is 8.08. The summed E-state index contributed by atoms with van der Waals surface area (Å²) in [6.45, 7) is 10.2. The third kappa shape index (κ3) is 5.32. The van der Waals surface area contributed by atoms with Gasteiger partial charge in [-0.25, -0.2) is 0 Å². The van der Waals surface area contributed by atoms with Crippen molar-refractivity contribution in [2.24, 2.45) is 0 Å². The molecule has 0 aliphatic rings. The highest BCUT2D eigenvalue weighted by molar-refractivity contribution is 8.11. The zero-order chi connectivity index (χ0) is 14.6. The van der Waals surface area contributed by atoms with E-state index < -0.39 is 17.2 Å². The Labute approximate surface area is 124 Å². The van der Waals surface area contributed by atoms with Crippen LogP contribution in [0.25, 0.3) is 0 Å². The van der Waals surface area contributed by atoms with Crippen LogP contribution in [0.1, 0.15) is 34.6 Å². The number of halogens is 2. The molecule has 0 bridgehead atoms. The Kier molecular flexibility index (Phi) is 7.67. The molecule has 1 N–H and O–H groups in total. The molecule has 0 rings (SSSR count). The molecule has 0 heterocycles. The summed E-state index contributed by atoms with van der Waals surface area (Å²) in [5.41, 5.74) is 2.31. The lowest BCUT2D eigenvalue weighted by atomic mass is 10.1. The Morgan fingerprint density at radius 1 is 1.44 bits per heavy atom. The highest BCUT2D eigenvalue weighted by Crippen LogP contribution is 2.52. The van der Waals surface area contributed by atoms with Crippen molar-refractivity contribution in [3.63, 3.8) is 0 Å². The predicted octanol–water partition coefficient (Wildman–Crippen LogP) is 3.29. The Hall–Kier alpha value is 0.620. The number of rotatable bonds is 6. The van der Waals surface area contributed by atoms with E-state index in [1.54, 1.807) is 4.78 Å². The fraction of sp³-hybridized carbons (Fsp3) is 0.900. The summed E-state index contributed by atoms with van der Waals surface area (Å²) < 4.78 is 7.39. The molecule has 1 amide bonds. The smallest absolute Gasteiger partial charge is 0.267 e. The first kappa shape index (κ1) is 18.6. The van der Waals surface area contributed by atoms with Crippen molar-refractivity contribution in [3.05, 3.63) is 0 Å². The Morgan fingerprint density at radius 2 is 1.94 bits per heavy atom. The molecular formula is C10H21Cl2N2O2PS. The van der Waals surface area contributed by atoms with Crippen molar-refractivity contribution in [1.82, 2.24) is 10.2 Å². The molecule has 108 valence electrons. The van der Waals surface area contributed by atoms with Gasteiger partial charge in [-0.2, -0.15) is 4.78 Å². The number of hydrogen-bond acceptors (Lipinski definition) is 3. The molecule has 4 nitrogen and oxygen atoms in total. The van der Waals surface area contributed by atoms with Crippen LogP contribution < -0.4 is 5.43 Å². The lowest BCUT2D eigenvalue weighted by Crippen LogP contribution is -2.52. The number of carbonyl (C=O) groups is 1. The maximum atomic E-state index is 11.7. The van der Waals surface area contributed by atoms with Crippen LogP contribution in [-0.4, -0.2) is 33.8 Å². The van der Waals surface area contributed by atoms with Crippen molar-refractivity contribution in [1.29, 1.82) is 0 Å². The minimum atomic E-state index is -2.31. The number of nitrogens with one attached hydrogen (secondary N) is 1. The molecule has 0 saturated carbocycles. The van der Waals surface area contributed by atoms with E-state index in [4.69, 9.17) is 39.5 Å². The molecule has 18 heavy (non-hydrogen) atoms. The molecule has 1 atom stereocenters. The molecule has 0 saturated heterocycles. The second-order valence-electron chi connectivity index (χ2n) is 4.63. The van der Waals surface area contributed by atoms with Crippen LogP contribution in [0.3, 0.4) is 0 Å². The van der Waals surface area contributed by atoms with Crippen LogP contribution in [0.15, 0.2) is 0 Å². The van der Waals surface area contributed by atoms with Gasteiger partial charge in [-0.3, -0.25) is 10.2 Å². The minimum absolute atomic E-state index is 0.376. The second-order valence-corrected chi connectivity index (χ2v) is 10.0. The lowest BCUT2D eigenvalue weighted by Gasteiger charge is -2.42. The van der Waals surface area contributed by atoms with Gasteiger partial charge in [0.15, 0.2) is 4.84 Å². The summed E-state index contributed by atoms with van der Waals surface area (Å²) in [6.07, 6.45) is -1.67. The third-order valence-corrected chi connectivity index (χ3v) is 6.83. The first-order valence-electron chi connectivity index (χ1n) is 5.71. The van der Waals surface area contributed by atoms with Gasteiger partial charge in [0.1, 0.15) is 6.42 Å². The summed E-state index contributed by atoms with van der Waals surface area (Å²) in [5.74, 6) is -0.490. The summed E-state index contributed by atoms with van der Waals surface area (Å²) in [6, 6.07) is 0. The van der Waals surface area contributed by atoms with E-state index in [0.29, 0.717) is 12.8 Å². The van der Waals surface area contributed by atoms with E-state index in [9.17, 15) is 4.79 Å². The van der Waals surface area contributed by atoms with Gasteiger partial charge < -0.3 is 4.52 Å². The van der Waals surface area contributed by atoms with Crippen LogP contribution in [0.5, 0.6) is 0 Å². The van der Waals surface area contributed by atoms with E-state index in [2.05, 4.69) is 5.43 Å². The van der Waals surface area contributed by atoms with Crippen molar-refractivity contribution in [3.8, 4) is 0 Å². The topological polar surface area (TPSA) is 41.6 Å². The van der Waals surface area contributed by atoms with Crippen molar-refractivity contribution < 1.29 is 9.32 Å². The Morgan fingerprint density at radius 3 is 2.22 bits per heavy atom. The molecule has 0 aromatic carbocycles. The van der Waals surface area contributed by atoms with Crippen molar-refractivity contribution in [2.45, 2.75) is 45.0 Å². The first-order valence-corrected chi connectivity index (χ1v) is 9.44. The van der Waals surface area contributed by atoms with E-state index in [-0.39, 0.29) is 5.54 Å². The lowest BCUT2D eigenvalue weighted by molar-refractivity contribution is -0.123. The van der Waals surface area contributed by atoms with Crippen LogP contribution >= 0.6 is 29.6 Å². The molecule has 0 spiro atoms. The van der Waals surface area contributed by atoms with Crippen LogP contribution in [0.4, 0.5) is 0 Å². The van der Waals surface area contributed by atoms with Gasteiger partial charge in [0, 0.05) is 11.7 Å². The van der Waals surface area contributed by atoms with Gasteiger partial charge in [0.2, 0.25) is 0 Å². The number of carbonyl (C=O) groups excluding carboxylic acids is 1. The van der Waals surface area contributed by atoms with E-state index in [0.717, 1.165) is 0 Å². The fourth-order valence-corrected chi connectivity index (χ4v) is 4.77. The molecule has 0 aromatic rings.